The average Bonchev–Trinajstić information content (AvgIpc) is 3.21. The SMILES string of the molecule is CCOc1cc(/C=N/n2c(C)nnc2SCc2ccc(Cl)cc2Cl)ccc1OCc1ccc(Cl)cc1Cl. The Morgan fingerprint density at radius 2 is 1.57 bits per heavy atom. The Hall–Kier alpha value is -2.42. The van der Waals surface area contributed by atoms with E-state index in [1.54, 1.807) is 29.1 Å². The fourth-order valence-electron chi connectivity index (χ4n) is 3.25. The molecule has 4 aromatic rings. The van der Waals surface area contributed by atoms with E-state index in [1.165, 1.54) is 11.8 Å². The Balaban J connectivity index is 1.48. The summed E-state index contributed by atoms with van der Waals surface area (Å²) in [5, 5.41) is 16.0. The third-order valence-electron chi connectivity index (χ3n) is 5.13. The molecule has 0 atom stereocenters. The third kappa shape index (κ3) is 7.33. The predicted molar refractivity (Wildman–Crippen MR) is 152 cm³/mol. The first-order valence-electron chi connectivity index (χ1n) is 11.2. The van der Waals surface area contributed by atoms with Gasteiger partial charge in [0.2, 0.25) is 5.16 Å². The van der Waals surface area contributed by atoms with Crippen molar-refractivity contribution < 1.29 is 9.47 Å². The minimum Gasteiger partial charge on any atom is -0.490 e. The molecule has 11 heteroatoms. The molecule has 0 fully saturated rings. The highest BCUT2D eigenvalue weighted by Gasteiger charge is 2.12. The fourth-order valence-corrected chi connectivity index (χ4v) is 5.21. The van der Waals surface area contributed by atoms with Crippen molar-refractivity contribution in [1.29, 1.82) is 0 Å². The molecule has 1 heterocycles. The Labute approximate surface area is 239 Å². The number of rotatable bonds is 10. The quantitative estimate of drug-likeness (QED) is 0.136. The van der Waals surface area contributed by atoms with Gasteiger partial charge in [0.25, 0.3) is 0 Å². The van der Waals surface area contributed by atoms with E-state index >= 15 is 0 Å². The second kappa shape index (κ2) is 12.9. The summed E-state index contributed by atoms with van der Waals surface area (Å²) >= 11 is 26.0. The number of aromatic nitrogens is 3. The van der Waals surface area contributed by atoms with E-state index in [2.05, 4.69) is 15.3 Å². The third-order valence-corrected chi connectivity index (χ3v) is 7.27. The van der Waals surface area contributed by atoms with E-state index in [4.69, 9.17) is 55.9 Å². The number of aryl methyl sites for hydroxylation is 1. The van der Waals surface area contributed by atoms with Crippen LogP contribution in [0.3, 0.4) is 0 Å². The van der Waals surface area contributed by atoms with Gasteiger partial charge < -0.3 is 9.47 Å². The summed E-state index contributed by atoms with van der Waals surface area (Å²) in [6, 6.07) is 16.3. The second-order valence-corrected chi connectivity index (χ2v) is 10.4. The fraction of sp³-hybridized carbons (Fsp3) is 0.192. The molecular formula is C26H22Cl4N4O2S. The van der Waals surface area contributed by atoms with Gasteiger partial charge in [0.1, 0.15) is 6.61 Å². The summed E-state index contributed by atoms with van der Waals surface area (Å²) in [6.07, 6.45) is 1.72. The zero-order chi connectivity index (χ0) is 26.4. The molecule has 0 bridgehead atoms. The van der Waals surface area contributed by atoms with Crippen LogP contribution in [-0.2, 0) is 12.4 Å². The van der Waals surface area contributed by atoms with Crippen LogP contribution in [0.2, 0.25) is 20.1 Å². The number of benzene rings is 3. The standard InChI is InChI=1S/C26H22Cl4N4O2S/c1-3-35-25-10-17(4-9-24(25)36-14-18-5-7-20(27)11-22(18)29)13-31-34-16(2)32-33-26(34)37-15-19-6-8-21(28)12-23(19)30/h4-13H,3,14-15H2,1-2H3/b31-13+. The van der Waals surface area contributed by atoms with E-state index in [9.17, 15) is 0 Å². The van der Waals surface area contributed by atoms with Crippen molar-refractivity contribution in [3.05, 3.63) is 97.2 Å². The number of hydrogen-bond donors (Lipinski definition) is 0. The molecule has 0 aliphatic carbocycles. The summed E-state index contributed by atoms with van der Waals surface area (Å²) < 4.78 is 13.5. The lowest BCUT2D eigenvalue weighted by Crippen LogP contribution is -2.01. The van der Waals surface area contributed by atoms with Crippen LogP contribution in [-0.4, -0.2) is 27.7 Å². The summed E-state index contributed by atoms with van der Waals surface area (Å²) in [6.45, 7) is 4.52. The highest BCUT2D eigenvalue weighted by Crippen LogP contribution is 2.31. The average molecular weight is 596 g/mol. The molecule has 1 aromatic heterocycles. The molecule has 0 unspecified atom stereocenters. The maximum absolute atomic E-state index is 6.30. The molecule has 0 amide bonds. The maximum Gasteiger partial charge on any atom is 0.212 e. The molecule has 0 aliphatic heterocycles. The summed E-state index contributed by atoms with van der Waals surface area (Å²) in [5.74, 6) is 2.46. The largest absolute Gasteiger partial charge is 0.490 e. The van der Waals surface area contributed by atoms with Crippen molar-refractivity contribution in [3.8, 4) is 11.5 Å². The molecule has 0 aliphatic rings. The zero-order valence-electron chi connectivity index (χ0n) is 19.9. The van der Waals surface area contributed by atoms with Crippen molar-refractivity contribution >= 4 is 64.4 Å². The molecule has 0 saturated heterocycles. The van der Waals surface area contributed by atoms with Gasteiger partial charge in [0.05, 0.1) is 12.8 Å². The molecule has 0 saturated carbocycles. The molecule has 37 heavy (non-hydrogen) atoms. The van der Waals surface area contributed by atoms with Crippen LogP contribution >= 0.6 is 58.2 Å². The smallest absolute Gasteiger partial charge is 0.212 e. The molecular weight excluding hydrogens is 574 g/mol. The van der Waals surface area contributed by atoms with E-state index < -0.39 is 0 Å². The monoisotopic (exact) mass is 594 g/mol. The Kier molecular flexibility index (Phi) is 9.62. The number of halogens is 4. The van der Waals surface area contributed by atoms with Gasteiger partial charge in [0.15, 0.2) is 17.3 Å². The van der Waals surface area contributed by atoms with E-state index in [1.807, 2.05) is 50.2 Å². The first-order chi connectivity index (χ1) is 17.8. The first-order valence-corrected chi connectivity index (χ1v) is 13.7. The topological polar surface area (TPSA) is 61.5 Å². The van der Waals surface area contributed by atoms with Crippen molar-refractivity contribution in [2.45, 2.75) is 31.4 Å². The van der Waals surface area contributed by atoms with Gasteiger partial charge in [-0.2, -0.15) is 9.78 Å². The van der Waals surface area contributed by atoms with Gasteiger partial charge >= 0.3 is 0 Å². The van der Waals surface area contributed by atoms with Crippen LogP contribution < -0.4 is 9.47 Å². The number of nitrogens with zero attached hydrogens (tertiary/aromatic N) is 4. The normalized spacial score (nSPS) is 11.3. The number of hydrogen-bond acceptors (Lipinski definition) is 6. The Morgan fingerprint density at radius 3 is 2.24 bits per heavy atom. The molecule has 6 nitrogen and oxygen atoms in total. The van der Waals surface area contributed by atoms with Crippen LogP contribution in [0.1, 0.15) is 29.4 Å². The summed E-state index contributed by atoms with van der Waals surface area (Å²) in [7, 11) is 0. The number of ether oxygens (including phenoxy) is 2. The van der Waals surface area contributed by atoms with Gasteiger partial charge in [0, 0.05) is 31.4 Å². The van der Waals surface area contributed by atoms with Crippen molar-refractivity contribution in [1.82, 2.24) is 14.9 Å². The van der Waals surface area contributed by atoms with E-state index in [0.717, 1.165) is 16.7 Å². The minimum atomic E-state index is 0.279. The van der Waals surface area contributed by atoms with Gasteiger partial charge in [-0.15, -0.1) is 10.2 Å². The molecule has 192 valence electrons. The zero-order valence-corrected chi connectivity index (χ0v) is 23.8. The minimum absolute atomic E-state index is 0.279. The molecule has 0 N–H and O–H groups in total. The highest BCUT2D eigenvalue weighted by molar-refractivity contribution is 7.98. The molecule has 3 aromatic carbocycles. The van der Waals surface area contributed by atoms with Crippen LogP contribution in [0, 0.1) is 6.92 Å². The molecule has 0 spiro atoms. The van der Waals surface area contributed by atoms with Gasteiger partial charge in [-0.1, -0.05) is 70.3 Å². The van der Waals surface area contributed by atoms with Crippen molar-refractivity contribution in [3.63, 3.8) is 0 Å². The Morgan fingerprint density at radius 1 is 0.865 bits per heavy atom. The summed E-state index contributed by atoms with van der Waals surface area (Å²) in [5.41, 5.74) is 2.60. The van der Waals surface area contributed by atoms with Crippen LogP contribution in [0.25, 0.3) is 0 Å². The maximum atomic E-state index is 6.30. The van der Waals surface area contributed by atoms with E-state index in [-0.39, 0.29) is 6.61 Å². The van der Waals surface area contributed by atoms with E-state index in [0.29, 0.717) is 54.9 Å². The predicted octanol–water partition coefficient (Wildman–Crippen LogP) is 8.35. The van der Waals surface area contributed by atoms with Gasteiger partial charge in [-0.3, -0.25) is 0 Å². The highest BCUT2D eigenvalue weighted by atomic mass is 35.5. The van der Waals surface area contributed by atoms with Crippen molar-refractivity contribution in [2.24, 2.45) is 5.10 Å². The lowest BCUT2D eigenvalue weighted by molar-refractivity contribution is 0.269. The lowest BCUT2D eigenvalue weighted by Gasteiger charge is -2.13. The van der Waals surface area contributed by atoms with Crippen LogP contribution in [0.4, 0.5) is 0 Å². The van der Waals surface area contributed by atoms with Gasteiger partial charge in [-0.05, 0) is 67.4 Å². The number of thioether (sulfide) groups is 1. The second-order valence-electron chi connectivity index (χ2n) is 7.77. The lowest BCUT2D eigenvalue weighted by atomic mass is 10.2. The van der Waals surface area contributed by atoms with Crippen molar-refractivity contribution in [2.75, 3.05) is 6.61 Å². The summed E-state index contributed by atoms with van der Waals surface area (Å²) in [4.78, 5) is 0. The van der Waals surface area contributed by atoms with Gasteiger partial charge in [-0.25, -0.2) is 0 Å². The Bertz CT molecular complexity index is 1430. The molecule has 0 radical (unpaired) electrons. The van der Waals surface area contributed by atoms with Crippen LogP contribution in [0.5, 0.6) is 11.5 Å². The molecule has 4 rings (SSSR count). The first kappa shape index (κ1) is 27.6. The van der Waals surface area contributed by atoms with Crippen LogP contribution in [0.15, 0.2) is 64.9 Å².